The highest BCUT2D eigenvalue weighted by atomic mass is 35.5. The fraction of sp³-hybridized carbons (Fsp3) is 0.500. The minimum Gasteiger partial charge on any atom is -0.507 e. The van der Waals surface area contributed by atoms with Gasteiger partial charge in [-0.25, -0.2) is 0 Å². The number of ether oxygens (including phenoxy) is 1. The number of anilines is 1. The molecule has 2 heterocycles. The van der Waals surface area contributed by atoms with E-state index in [0.29, 0.717) is 5.75 Å². The minimum absolute atomic E-state index is 0.339. The van der Waals surface area contributed by atoms with E-state index in [-0.39, 0.29) is 0 Å². The Kier molecular flexibility index (Phi) is 8.77. The van der Waals surface area contributed by atoms with E-state index in [1.807, 2.05) is 46.8 Å². The predicted molar refractivity (Wildman–Crippen MR) is 106 cm³/mol. The van der Waals surface area contributed by atoms with Gasteiger partial charge in [-0.2, -0.15) is 0 Å². The molecule has 2 N–H and O–H groups in total. The Hall–Kier alpha value is -1.61. The van der Waals surface area contributed by atoms with E-state index in [2.05, 4.69) is 11.4 Å². The van der Waals surface area contributed by atoms with Gasteiger partial charge in [-0.3, -0.25) is 0 Å². The van der Waals surface area contributed by atoms with Crippen LogP contribution in [0.3, 0.4) is 0 Å². The Morgan fingerprint density at radius 1 is 1.17 bits per heavy atom. The molecule has 0 aliphatic carbocycles. The van der Waals surface area contributed by atoms with Crippen molar-refractivity contribution in [2.75, 3.05) is 24.3 Å². The number of phenols is 1. The lowest BCUT2D eigenvalue weighted by molar-refractivity contribution is 0.360. The molecule has 2 aliphatic rings. The summed E-state index contributed by atoms with van der Waals surface area (Å²) in [5, 5.41) is 15.4. The number of alkyl halides is 1. The lowest BCUT2D eigenvalue weighted by Crippen LogP contribution is -1.90. The molecule has 0 unspecified atom stereocenters. The molecule has 0 radical (unpaired) electrons. The second-order valence-electron chi connectivity index (χ2n) is 4.94. The Balaban J connectivity index is 0.000000365. The minimum atomic E-state index is 0.339. The van der Waals surface area contributed by atoms with Crippen molar-refractivity contribution in [3.63, 3.8) is 0 Å². The highest BCUT2D eigenvalue weighted by Gasteiger charge is 2.23. The van der Waals surface area contributed by atoms with E-state index in [9.17, 15) is 5.11 Å². The van der Waals surface area contributed by atoms with Crippen LogP contribution < -0.4 is 10.1 Å². The Morgan fingerprint density at radius 2 is 1.83 bits per heavy atom. The van der Waals surface area contributed by atoms with E-state index in [0.717, 1.165) is 54.1 Å². The van der Waals surface area contributed by atoms with Crippen LogP contribution in [0.4, 0.5) is 5.69 Å². The SMILES string of the molecule is CC.CC.CCCl.Oc1cc2c(c3c4c(ccc13)CCO4)CCN2. The third kappa shape index (κ3) is 4.07. The van der Waals surface area contributed by atoms with Crippen LogP contribution in [-0.4, -0.2) is 24.1 Å². The molecular formula is C20H30ClNO2. The molecule has 0 saturated carbocycles. The average molecular weight is 352 g/mol. The van der Waals surface area contributed by atoms with Crippen molar-refractivity contribution in [3.05, 3.63) is 29.3 Å². The number of halogens is 1. The fourth-order valence-corrected chi connectivity index (χ4v) is 2.94. The van der Waals surface area contributed by atoms with Crippen molar-refractivity contribution in [1.82, 2.24) is 0 Å². The first-order chi connectivity index (χ1) is 11.8. The maximum Gasteiger partial charge on any atom is 0.130 e. The second kappa shape index (κ2) is 10.3. The molecule has 2 aromatic carbocycles. The zero-order valence-electron chi connectivity index (χ0n) is 15.5. The first-order valence-corrected chi connectivity index (χ1v) is 9.52. The lowest BCUT2D eigenvalue weighted by atomic mass is 9.98. The molecule has 0 aromatic heterocycles. The van der Waals surface area contributed by atoms with Gasteiger partial charge in [0.15, 0.2) is 0 Å². The van der Waals surface area contributed by atoms with Gasteiger partial charge in [-0.15, -0.1) is 11.6 Å². The molecule has 0 saturated heterocycles. The van der Waals surface area contributed by atoms with Crippen molar-refractivity contribution in [2.24, 2.45) is 0 Å². The average Bonchev–Trinajstić information content (AvgIpc) is 3.27. The van der Waals surface area contributed by atoms with Crippen LogP contribution in [0.15, 0.2) is 18.2 Å². The topological polar surface area (TPSA) is 41.5 Å². The summed E-state index contributed by atoms with van der Waals surface area (Å²) in [7, 11) is 0. The van der Waals surface area contributed by atoms with E-state index in [4.69, 9.17) is 16.3 Å². The molecule has 0 spiro atoms. The van der Waals surface area contributed by atoms with Gasteiger partial charge in [-0.1, -0.05) is 46.8 Å². The number of aromatic hydroxyl groups is 1. The van der Waals surface area contributed by atoms with Gasteiger partial charge in [0, 0.05) is 41.4 Å². The van der Waals surface area contributed by atoms with E-state index < -0.39 is 0 Å². The molecular weight excluding hydrogens is 322 g/mol. The van der Waals surface area contributed by atoms with Crippen LogP contribution in [0.25, 0.3) is 10.8 Å². The molecule has 4 rings (SSSR count). The quantitative estimate of drug-likeness (QED) is 0.594. The molecule has 4 heteroatoms. The van der Waals surface area contributed by atoms with Crippen molar-refractivity contribution < 1.29 is 9.84 Å². The van der Waals surface area contributed by atoms with E-state index in [1.54, 1.807) is 0 Å². The zero-order chi connectivity index (χ0) is 18.1. The molecule has 24 heavy (non-hydrogen) atoms. The molecule has 2 aromatic rings. The highest BCUT2D eigenvalue weighted by molar-refractivity contribution is 6.17. The van der Waals surface area contributed by atoms with Crippen LogP contribution in [0, 0.1) is 0 Å². The number of fused-ring (bicyclic) bond motifs is 5. The van der Waals surface area contributed by atoms with Crippen molar-refractivity contribution in [1.29, 1.82) is 0 Å². The third-order valence-corrected chi connectivity index (χ3v) is 3.73. The van der Waals surface area contributed by atoms with Gasteiger partial charge in [-0.05, 0) is 17.5 Å². The third-order valence-electron chi connectivity index (χ3n) is 3.73. The number of benzene rings is 2. The van der Waals surface area contributed by atoms with E-state index >= 15 is 0 Å². The standard InChI is InChI=1S/C14H13NO2.C2H5Cl.2C2H6/c16-12-7-11-9(3-5-15-11)13-10(12)2-1-8-4-6-17-14(8)13;1-2-3;2*1-2/h1-2,7,15-16H,3-6H2;2H2,1H3;2*1-2H3. The Labute approximate surface area is 151 Å². The number of nitrogens with one attached hydrogen (secondary N) is 1. The molecule has 0 amide bonds. The van der Waals surface area contributed by atoms with Gasteiger partial charge in [0.2, 0.25) is 0 Å². The number of rotatable bonds is 0. The van der Waals surface area contributed by atoms with Gasteiger partial charge in [0.1, 0.15) is 11.5 Å². The van der Waals surface area contributed by atoms with Gasteiger partial charge in [0.05, 0.1) is 6.61 Å². The molecule has 134 valence electrons. The van der Waals surface area contributed by atoms with Crippen molar-refractivity contribution in [3.8, 4) is 11.5 Å². The monoisotopic (exact) mass is 351 g/mol. The highest BCUT2D eigenvalue weighted by Crippen LogP contribution is 2.44. The van der Waals surface area contributed by atoms with E-state index in [1.165, 1.54) is 11.1 Å². The Bertz CT molecular complexity index is 648. The summed E-state index contributed by atoms with van der Waals surface area (Å²) in [6.45, 7) is 11.6. The van der Waals surface area contributed by atoms with Gasteiger partial charge in [0.25, 0.3) is 0 Å². The molecule has 0 bridgehead atoms. The first-order valence-electron chi connectivity index (χ1n) is 8.99. The molecule has 3 nitrogen and oxygen atoms in total. The first kappa shape index (κ1) is 20.4. The van der Waals surface area contributed by atoms with Crippen LogP contribution in [0.2, 0.25) is 0 Å². The summed E-state index contributed by atoms with van der Waals surface area (Å²) in [6, 6.07) is 5.90. The normalized spacial score (nSPS) is 12.9. The predicted octanol–water partition coefficient (Wildman–Crippen LogP) is 5.75. The summed E-state index contributed by atoms with van der Waals surface area (Å²) in [5.41, 5.74) is 3.60. The Morgan fingerprint density at radius 3 is 2.50 bits per heavy atom. The molecule has 0 atom stereocenters. The van der Waals surface area contributed by atoms with Crippen molar-refractivity contribution >= 4 is 28.1 Å². The van der Waals surface area contributed by atoms with Gasteiger partial charge < -0.3 is 15.2 Å². The summed E-state index contributed by atoms with van der Waals surface area (Å²) in [6.07, 6.45) is 1.98. The zero-order valence-corrected chi connectivity index (χ0v) is 16.3. The number of phenolic OH excluding ortho intramolecular Hbond substituents is 1. The largest absolute Gasteiger partial charge is 0.507 e. The second-order valence-corrected chi connectivity index (χ2v) is 5.48. The molecule has 2 aliphatic heterocycles. The van der Waals surface area contributed by atoms with Crippen molar-refractivity contribution in [2.45, 2.75) is 47.5 Å². The van der Waals surface area contributed by atoms with Gasteiger partial charge >= 0.3 is 0 Å². The fourth-order valence-electron chi connectivity index (χ4n) is 2.94. The summed E-state index contributed by atoms with van der Waals surface area (Å²) >= 11 is 5.00. The maximum absolute atomic E-state index is 10.1. The van der Waals surface area contributed by atoms with Crippen LogP contribution in [0.5, 0.6) is 11.5 Å². The summed E-state index contributed by atoms with van der Waals surface area (Å²) in [4.78, 5) is 0. The van der Waals surface area contributed by atoms with Crippen LogP contribution in [0.1, 0.15) is 45.7 Å². The maximum atomic E-state index is 10.1. The number of hydrogen-bond acceptors (Lipinski definition) is 3. The smallest absolute Gasteiger partial charge is 0.130 e. The lowest BCUT2D eigenvalue weighted by Gasteiger charge is -2.11. The molecule has 0 fully saturated rings. The van der Waals surface area contributed by atoms with Crippen LogP contribution in [-0.2, 0) is 12.8 Å². The van der Waals surface area contributed by atoms with Crippen LogP contribution >= 0.6 is 11.6 Å². The summed E-state index contributed by atoms with van der Waals surface area (Å²) < 4.78 is 5.75. The summed E-state index contributed by atoms with van der Waals surface area (Å²) in [5.74, 6) is 2.05. The number of hydrogen-bond donors (Lipinski definition) is 2.